The maximum Gasteiger partial charge on any atom is 0.433 e. The molecule has 0 spiro atoms. The van der Waals surface area contributed by atoms with Gasteiger partial charge in [0, 0.05) is 5.56 Å². The standard InChI is InChI=1S/C22H12F4N2O3/c23-16-9-14(8-15(10-16)21(29)30)12-3-1-4-13(7-12)20-27-17(18-5-2-6-31-18)11-19(28-20)22(24,25)26/h1-11H,(H,29,30). The van der Waals surface area contributed by atoms with Gasteiger partial charge < -0.3 is 9.52 Å². The molecule has 4 aromatic rings. The quantitative estimate of drug-likeness (QED) is 0.408. The second-order valence-electron chi connectivity index (χ2n) is 6.55. The fourth-order valence-corrected chi connectivity index (χ4v) is 2.99. The number of alkyl halides is 3. The number of aromatic nitrogens is 2. The van der Waals surface area contributed by atoms with Crippen molar-refractivity contribution in [2.24, 2.45) is 0 Å². The third-order valence-corrected chi connectivity index (χ3v) is 4.39. The zero-order chi connectivity index (χ0) is 22.2. The minimum absolute atomic E-state index is 0.0494. The van der Waals surface area contributed by atoms with E-state index in [9.17, 15) is 22.4 Å². The highest BCUT2D eigenvalue weighted by molar-refractivity contribution is 5.89. The molecule has 156 valence electrons. The van der Waals surface area contributed by atoms with Crippen LogP contribution in [0.2, 0.25) is 0 Å². The summed E-state index contributed by atoms with van der Waals surface area (Å²) in [5.74, 6) is -2.13. The average molecular weight is 428 g/mol. The largest absolute Gasteiger partial charge is 0.478 e. The Balaban J connectivity index is 1.85. The van der Waals surface area contributed by atoms with Gasteiger partial charge in [-0.2, -0.15) is 13.2 Å². The highest BCUT2D eigenvalue weighted by Gasteiger charge is 2.34. The van der Waals surface area contributed by atoms with Crippen LogP contribution in [0, 0.1) is 5.82 Å². The molecule has 0 radical (unpaired) electrons. The Morgan fingerprint density at radius 2 is 1.68 bits per heavy atom. The van der Waals surface area contributed by atoms with Crippen molar-refractivity contribution in [3.05, 3.63) is 84.0 Å². The van der Waals surface area contributed by atoms with E-state index < -0.39 is 23.7 Å². The summed E-state index contributed by atoms with van der Waals surface area (Å²) in [4.78, 5) is 19.0. The summed E-state index contributed by atoms with van der Waals surface area (Å²) in [5, 5.41) is 9.14. The zero-order valence-corrected chi connectivity index (χ0v) is 15.5. The fraction of sp³-hybridized carbons (Fsp3) is 0.0455. The number of aromatic carboxylic acids is 1. The molecular formula is C22H12F4N2O3. The van der Waals surface area contributed by atoms with Gasteiger partial charge in [0.2, 0.25) is 0 Å². The van der Waals surface area contributed by atoms with Gasteiger partial charge in [0.25, 0.3) is 0 Å². The molecule has 2 aromatic heterocycles. The fourth-order valence-electron chi connectivity index (χ4n) is 2.99. The Labute approximate surface area is 172 Å². The lowest BCUT2D eigenvalue weighted by atomic mass is 10.0. The lowest BCUT2D eigenvalue weighted by Crippen LogP contribution is -2.10. The van der Waals surface area contributed by atoms with Gasteiger partial charge in [0.1, 0.15) is 17.2 Å². The monoisotopic (exact) mass is 428 g/mol. The van der Waals surface area contributed by atoms with Gasteiger partial charge in [0.05, 0.1) is 11.8 Å². The Morgan fingerprint density at radius 3 is 2.35 bits per heavy atom. The summed E-state index contributed by atoms with van der Waals surface area (Å²) in [6.45, 7) is 0. The summed E-state index contributed by atoms with van der Waals surface area (Å²) in [6.07, 6.45) is -3.40. The Kier molecular flexibility index (Phi) is 5.02. The van der Waals surface area contributed by atoms with Crippen molar-refractivity contribution in [1.29, 1.82) is 0 Å². The molecule has 0 aliphatic rings. The lowest BCUT2D eigenvalue weighted by Gasteiger charge is -2.11. The molecule has 2 aromatic carbocycles. The van der Waals surface area contributed by atoms with Gasteiger partial charge in [-0.1, -0.05) is 18.2 Å². The number of carboxylic acids is 1. The van der Waals surface area contributed by atoms with Crippen LogP contribution in [0.1, 0.15) is 16.1 Å². The van der Waals surface area contributed by atoms with Crippen LogP contribution in [0.5, 0.6) is 0 Å². The third kappa shape index (κ3) is 4.30. The highest BCUT2D eigenvalue weighted by Crippen LogP contribution is 2.33. The predicted molar refractivity (Wildman–Crippen MR) is 103 cm³/mol. The van der Waals surface area contributed by atoms with Crippen LogP contribution in [0.3, 0.4) is 0 Å². The molecule has 9 heteroatoms. The van der Waals surface area contributed by atoms with Crippen LogP contribution >= 0.6 is 0 Å². The van der Waals surface area contributed by atoms with E-state index in [1.807, 2.05) is 0 Å². The van der Waals surface area contributed by atoms with Crippen molar-refractivity contribution in [3.63, 3.8) is 0 Å². The maximum absolute atomic E-state index is 13.9. The first kappa shape index (κ1) is 20.3. The molecule has 2 heterocycles. The van der Waals surface area contributed by atoms with Crippen molar-refractivity contribution in [2.75, 3.05) is 0 Å². The molecular weight excluding hydrogens is 416 g/mol. The Bertz CT molecular complexity index is 1270. The van der Waals surface area contributed by atoms with Crippen molar-refractivity contribution in [2.45, 2.75) is 6.18 Å². The molecule has 0 saturated heterocycles. The first-order chi connectivity index (χ1) is 14.7. The molecule has 1 N–H and O–H groups in total. The summed E-state index contributed by atoms with van der Waals surface area (Å²) in [5.41, 5.74) is -0.578. The molecule has 0 fully saturated rings. The number of rotatable bonds is 4. The van der Waals surface area contributed by atoms with Crippen molar-refractivity contribution in [1.82, 2.24) is 9.97 Å². The molecule has 0 amide bonds. The minimum Gasteiger partial charge on any atom is -0.478 e. The van der Waals surface area contributed by atoms with Crippen LogP contribution in [0.4, 0.5) is 17.6 Å². The molecule has 0 aliphatic heterocycles. The molecule has 31 heavy (non-hydrogen) atoms. The Morgan fingerprint density at radius 1 is 0.903 bits per heavy atom. The highest BCUT2D eigenvalue weighted by atomic mass is 19.4. The second kappa shape index (κ2) is 7.67. The normalized spacial score (nSPS) is 11.5. The van der Waals surface area contributed by atoms with E-state index in [2.05, 4.69) is 9.97 Å². The molecule has 0 bridgehead atoms. The summed E-state index contributed by atoms with van der Waals surface area (Å²) >= 11 is 0. The number of carboxylic acid groups (broad SMARTS) is 1. The van der Waals surface area contributed by atoms with Gasteiger partial charge in [-0.3, -0.25) is 0 Å². The van der Waals surface area contributed by atoms with Crippen molar-refractivity contribution < 1.29 is 31.9 Å². The van der Waals surface area contributed by atoms with Crippen LogP contribution in [-0.4, -0.2) is 21.0 Å². The number of nitrogens with zero attached hydrogens (tertiary/aromatic N) is 2. The van der Waals surface area contributed by atoms with Crippen molar-refractivity contribution in [3.8, 4) is 34.0 Å². The zero-order valence-electron chi connectivity index (χ0n) is 15.5. The van der Waals surface area contributed by atoms with E-state index >= 15 is 0 Å². The van der Waals surface area contributed by atoms with E-state index in [1.54, 1.807) is 6.07 Å². The predicted octanol–water partition coefficient (Wildman–Crippen LogP) is 5.93. The van der Waals surface area contributed by atoms with Gasteiger partial charge in [-0.05, 0) is 53.6 Å². The number of hydrogen-bond acceptors (Lipinski definition) is 4. The SMILES string of the molecule is O=C(O)c1cc(F)cc(-c2cccc(-c3nc(-c4ccco4)cc(C(F)(F)F)n3)c2)c1. The van der Waals surface area contributed by atoms with E-state index in [-0.39, 0.29) is 34.0 Å². The number of carbonyl (C=O) groups is 1. The maximum atomic E-state index is 13.9. The van der Waals surface area contributed by atoms with Crippen LogP contribution in [0.15, 0.2) is 71.3 Å². The first-order valence-electron chi connectivity index (χ1n) is 8.85. The van der Waals surface area contributed by atoms with Gasteiger partial charge in [0.15, 0.2) is 11.6 Å². The smallest absolute Gasteiger partial charge is 0.433 e. The van der Waals surface area contributed by atoms with E-state index in [0.717, 1.165) is 18.2 Å². The number of furan rings is 1. The minimum atomic E-state index is -4.71. The third-order valence-electron chi connectivity index (χ3n) is 4.39. The molecule has 4 rings (SSSR count). The molecule has 5 nitrogen and oxygen atoms in total. The first-order valence-corrected chi connectivity index (χ1v) is 8.85. The van der Waals surface area contributed by atoms with Gasteiger partial charge in [-0.25, -0.2) is 19.2 Å². The molecule has 0 aliphatic carbocycles. The second-order valence-corrected chi connectivity index (χ2v) is 6.55. The van der Waals surface area contributed by atoms with Crippen LogP contribution in [-0.2, 0) is 6.18 Å². The number of benzene rings is 2. The summed E-state index contributed by atoms with van der Waals surface area (Å²) in [7, 11) is 0. The van der Waals surface area contributed by atoms with E-state index in [0.29, 0.717) is 5.56 Å². The topological polar surface area (TPSA) is 76.2 Å². The average Bonchev–Trinajstić information content (AvgIpc) is 3.27. The number of hydrogen-bond donors (Lipinski definition) is 1. The van der Waals surface area contributed by atoms with Gasteiger partial charge >= 0.3 is 12.1 Å². The van der Waals surface area contributed by atoms with E-state index in [1.165, 1.54) is 42.7 Å². The van der Waals surface area contributed by atoms with Crippen LogP contribution < -0.4 is 0 Å². The lowest BCUT2D eigenvalue weighted by molar-refractivity contribution is -0.141. The number of halogens is 4. The molecule has 0 atom stereocenters. The van der Waals surface area contributed by atoms with Crippen molar-refractivity contribution >= 4 is 5.97 Å². The Hall–Kier alpha value is -4.01. The summed E-state index contributed by atoms with van der Waals surface area (Å²) in [6, 6.07) is 13.1. The van der Waals surface area contributed by atoms with E-state index in [4.69, 9.17) is 9.52 Å². The summed E-state index contributed by atoms with van der Waals surface area (Å²) < 4.78 is 59.2. The molecule has 0 unspecified atom stereocenters. The van der Waals surface area contributed by atoms with Gasteiger partial charge in [-0.15, -0.1) is 0 Å². The van der Waals surface area contributed by atoms with Crippen LogP contribution in [0.25, 0.3) is 34.0 Å². The molecule has 0 saturated carbocycles.